The predicted molar refractivity (Wildman–Crippen MR) is 60.3 cm³/mol. The molecule has 0 unspecified atom stereocenters. The largest absolute Gasteiger partial charge is 0.330 e. The quantitative estimate of drug-likeness (QED) is 0.784. The van der Waals surface area contributed by atoms with Crippen LogP contribution in [0.2, 0.25) is 0 Å². The minimum atomic E-state index is -0.440. The van der Waals surface area contributed by atoms with Gasteiger partial charge in [0.15, 0.2) is 0 Å². The maximum absolute atomic E-state index is 11.8. The Morgan fingerprint density at radius 3 is 2.87 bits per heavy atom. The Labute approximate surface area is 89.9 Å². The Morgan fingerprint density at radius 1 is 1.60 bits per heavy atom. The summed E-state index contributed by atoms with van der Waals surface area (Å²) < 4.78 is 0. The van der Waals surface area contributed by atoms with E-state index < -0.39 is 5.41 Å². The second-order valence-corrected chi connectivity index (χ2v) is 4.12. The van der Waals surface area contributed by atoms with Crippen LogP contribution in [0.5, 0.6) is 0 Å². The lowest BCUT2D eigenvalue weighted by Crippen LogP contribution is -2.32. The zero-order valence-electron chi connectivity index (χ0n) is 9.16. The molecule has 82 valence electrons. The molecule has 0 radical (unpaired) electrons. The molecule has 0 aromatic carbocycles. The minimum Gasteiger partial charge on any atom is -0.330 e. The van der Waals surface area contributed by atoms with Crippen LogP contribution in [0.15, 0.2) is 24.5 Å². The van der Waals surface area contributed by atoms with Crippen LogP contribution in [0.25, 0.3) is 0 Å². The molecule has 1 rings (SSSR count). The molecular formula is C11H17N3O. The van der Waals surface area contributed by atoms with Gasteiger partial charge in [-0.1, -0.05) is 13.8 Å². The first kappa shape index (κ1) is 11.7. The van der Waals surface area contributed by atoms with E-state index in [4.69, 9.17) is 5.73 Å². The van der Waals surface area contributed by atoms with Gasteiger partial charge < -0.3 is 11.1 Å². The number of hydrogen-bond acceptors (Lipinski definition) is 3. The smallest absolute Gasteiger partial charge is 0.230 e. The lowest BCUT2D eigenvalue weighted by Gasteiger charge is -2.22. The van der Waals surface area contributed by atoms with Gasteiger partial charge >= 0.3 is 0 Å². The molecule has 1 amide bonds. The lowest BCUT2D eigenvalue weighted by molar-refractivity contribution is -0.124. The molecule has 0 aliphatic rings. The highest BCUT2D eigenvalue weighted by molar-refractivity contribution is 5.94. The van der Waals surface area contributed by atoms with Gasteiger partial charge in [-0.3, -0.25) is 9.78 Å². The van der Waals surface area contributed by atoms with E-state index in [1.54, 1.807) is 18.5 Å². The van der Waals surface area contributed by atoms with E-state index in [9.17, 15) is 4.79 Å². The molecule has 3 N–H and O–H groups in total. The molecule has 4 heteroatoms. The zero-order valence-corrected chi connectivity index (χ0v) is 9.16. The molecule has 0 aliphatic carbocycles. The standard InChI is InChI=1S/C11H17N3O/c1-11(2,5-6-12)10(15)14-9-4-3-7-13-8-9/h3-4,7-8H,5-6,12H2,1-2H3,(H,14,15). The van der Waals surface area contributed by atoms with Gasteiger partial charge in [-0.2, -0.15) is 0 Å². The SMILES string of the molecule is CC(C)(CCN)C(=O)Nc1cccnc1. The fraction of sp³-hybridized carbons (Fsp3) is 0.455. The highest BCUT2D eigenvalue weighted by atomic mass is 16.2. The van der Waals surface area contributed by atoms with Crippen LogP contribution in [0.1, 0.15) is 20.3 Å². The van der Waals surface area contributed by atoms with Crippen molar-refractivity contribution in [1.29, 1.82) is 0 Å². The van der Waals surface area contributed by atoms with Crippen LogP contribution >= 0.6 is 0 Å². The van der Waals surface area contributed by atoms with E-state index in [0.29, 0.717) is 18.7 Å². The van der Waals surface area contributed by atoms with Crippen molar-refractivity contribution in [3.05, 3.63) is 24.5 Å². The third-order valence-electron chi connectivity index (χ3n) is 2.30. The average Bonchev–Trinajstić information content (AvgIpc) is 2.19. The van der Waals surface area contributed by atoms with E-state index in [1.165, 1.54) is 0 Å². The van der Waals surface area contributed by atoms with Gasteiger partial charge in [0.2, 0.25) is 5.91 Å². The van der Waals surface area contributed by atoms with Crippen LogP contribution in [0.3, 0.4) is 0 Å². The van der Waals surface area contributed by atoms with Gasteiger partial charge in [0.1, 0.15) is 0 Å². The monoisotopic (exact) mass is 207 g/mol. The Kier molecular flexibility index (Phi) is 3.80. The van der Waals surface area contributed by atoms with Crippen LogP contribution in [0.4, 0.5) is 5.69 Å². The maximum atomic E-state index is 11.8. The topological polar surface area (TPSA) is 68.0 Å². The number of hydrogen-bond donors (Lipinski definition) is 2. The Bertz CT molecular complexity index is 322. The number of anilines is 1. The van der Waals surface area contributed by atoms with Crippen molar-refractivity contribution in [2.24, 2.45) is 11.1 Å². The first-order valence-corrected chi connectivity index (χ1v) is 4.98. The summed E-state index contributed by atoms with van der Waals surface area (Å²) >= 11 is 0. The van der Waals surface area contributed by atoms with Crippen molar-refractivity contribution in [3.8, 4) is 0 Å². The van der Waals surface area contributed by atoms with Crippen LogP contribution in [0, 0.1) is 5.41 Å². The summed E-state index contributed by atoms with van der Waals surface area (Å²) in [6.07, 6.45) is 3.95. The lowest BCUT2D eigenvalue weighted by atomic mass is 9.88. The molecule has 0 fully saturated rings. The Morgan fingerprint density at radius 2 is 2.33 bits per heavy atom. The third-order valence-corrected chi connectivity index (χ3v) is 2.30. The average molecular weight is 207 g/mol. The highest BCUT2D eigenvalue weighted by Gasteiger charge is 2.26. The van der Waals surface area contributed by atoms with Crippen molar-refractivity contribution < 1.29 is 4.79 Å². The molecule has 0 atom stereocenters. The normalized spacial score (nSPS) is 11.1. The molecule has 0 spiro atoms. The number of nitrogens with one attached hydrogen (secondary N) is 1. The molecule has 1 aromatic rings. The first-order valence-electron chi connectivity index (χ1n) is 4.98. The van der Waals surface area contributed by atoms with Gasteiger partial charge in [0.25, 0.3) is 0 Å². The predicted octanol–water partition coefficient (Wildman–Crippen LogP) is 1.40. The number of amides is 1. The second kappa shape index (κ2) is 4.89. The molecule has 0 aliphatic heterocycles. The molecule has 0 saturated heterocycles. The molecule has 15 heavy (non-hydrogen) atoms. The van der Waals surface area contributed by atoms with E-state index in [2.05, 4.69) is 10.3 Å². The number of pyridine rings is 1. The van der Waals surface area contributed by atoms with Crippen molar-refractivity contribution >= 4 is 11.6 Å². The fourth-order valence-corrected chi connectivity index (χ4v) is 1.21. The van der Waals surface area contributed by atoms with E-state index >= 15 is 0 Å². The summed E-state index contributed by atoms with van der Waals surface area (Å²) in [7, 11) is 0. The molecule has 1 aromatic heterocycles. The van der Waals surface area contributed by atoms with E-state index in [0.717, 1.165) is 0 Å². The number of nitrogens with two attached hydrogens (primary N) is 1. The Hall–Kier alpha value is -1.42. The van der Waals surface area contributed by atoms with Crippen molar-refractivity contribution in [3.63, 3.8) is 0 Å². The molecule has 4 nitrogen and oxygen atoms in total. The fourth-order valence-electron chi connectivity index (χ4n) is 1.21. The Balaban J connectivity index is 2.63. The van der Waals surface area contributed by atoms with Crippen LogP contribution in [-0.4, -0.2) is 17.4 Å². The number of rotatable bonds is 4. The van der Waals surface area contributed by atoms with Gasteiger partial charge in [-0.15, -0.1) is 0 Å². The summed E-state index contributed by atoms with van der Waals surface area (Å²) in [5, 5.41) is 2.81. The minimum absolute atomic E-state index is 0.0269. The molecule has 0 bridgehead atoms. The van der Waals surface area contributed by atoms with Crippen molar-refractivity contribution in [2.45, 2.75) is 20.3 Å². The van der Waals surface area contributed by atoms with E-state index in [-0.39, 0.29) is 5.91 Å². The van der Waals surface area contributed by atoms with Gasteiger partial charge in [-0.05, 0) is 25.1 Å². The summed E-state index contributed by atoms with van der Waals surface area (Å²) in [6, 6.07) is 3.59. The van der Waals surface area contributed by atoms with Gasteiger partial charge in [-0.25, -0.2) is 0 Å². The maximum Gasteiger partial charge on any atom is 0.230 e. The third kappa shape index (κ3) is 3.32. The van der Waals surface area contributed by atoms with Gasteiger partial charge in [0.05, 0.1) is 11.9 Å². The first-order chi connectivity index (χ1) is 7.06. The second-order valence-electron chi connectivity index (χ2n) is 4.12. The number of nitrogens with zero attached hydrogens (tertiary/aromatic N) is 1. The highest BCUT2D eigenvalue weighted by Crippen LogP contribution is 2.21. The van der Waals surface area contributed by atoms with Crippen LogP contribution < -0.4 is 11.1 Å². The summed E-state index contributed by atoms with van der Waals surface area (Å²) in [5.74, 6) is -0.0269. The number of carbonyl (C=O) groups excluding carboxylic acids is 1. The number of carbonyl (C=O) groups is 1. The van der Waals surface area contributed by atoms with Crippen LogP contribution in [-0.2, 0) is 4.79 Å². The summed E-state index contributed by atoms with van der Waals surface area (Å²) in [6.45, 7) is 4.27. The van der Waals surface area contributed by atoms with Crippen molar-refractivity contribution in [1.82, 2.24) is 4.98 Å². The zero-order chi connectivity index (χ0) is 11.3. The summed E-state index contributed by atoms with van der Waals surface area (Å²) in [5.41, 5.74) is 5.73. The van der Waals surface area contributed by atoms with Crippen molar-refractivity contribution in [2.75, 3.05) is 11.9 Å². The summed E-state index contributed by atoms with van der Waals surface area (Å²) in [4.78, 5) is 15.8. The molecule has 0 saturated carbocycles. The number of aromatic nitrogens is 1. The van der Waals surface area contributed by atoms with E-state index in [1.807, 2.05) is 19.9 Å². The van der Waals surface area contributed by atoms with Gasteiger partial charge in [0, 0.05) is 11.6 Å². The molecular weight excluding hydrogens is 190 g/mol. The molecule has 1 heterocycles.